The summed E-state index contributed by atoms with van der Waals surface area (Å²) in [4.78, 5) is 0. The van der Waals surface area contributed by atoms with Gasteiger partial charge in [0.15, 0.2) is 0 Å². The van der Waals surface area contributed by atoms with E-state index >= 15 is 0 Å². The molecule has 0 heterocycles. The minimum Gasteiger partial charge on any atom is -0.123 e. The summed E-state index contributed by atoms with van der Waals surface area (Å²) in [6.07, 6.45) is 4.53. The van der Waals surface area contributed by atoms with Crippen molar-refractivity contribution in [3.63, 3.8) is 0 Å². The monoisotopic (exact) mass is 224 g/mol. The van der Waals surface area contributed by atoms with Gasteiger partial charge in [0.2, 0.25) is 0 Å². The topological polar surface area (TPSA) is 0 Å². The summed E-state index contributed by atoms with van der Waals surface area (Å²) in [6, 6.07) is 6.50. The molecule has 1 unspecified atom stereocenters. The highest BCUT2D eigenvalue weighted by atomic mass is 35.5. The zero-order chi connectivity index (χ0) is 11.3. The fraction of sp³-hybridized carbons (Fsp3) is 0.571. The van der Waals surface area contributed by atoms with Crippen LogP contribution in [0.4, 0.5) is 0 Å². The van der Waals surface area contributed by atoms with Crippen molar-refractivity contribution in [1.29, 1.82) is 0 Å². The molecular formula is C14H21Cl. The molecule has 1 atom stereocenters. The smallest absolute Gasteiger partial charge is 0.0339 e. The molecule has 0 N–H and O–H groups in total. The van der Waals surface area contributed by atoms with Gasteiger partial charge in [0, 0.05) is 5.38 Å². The van der Waals surface area contributed by atoms with Crippen molar-refractivity contribution in [2.75, 3.05) is 0 Å². The Bertz CT molecular complexity index is 284. The average molecular weight is 225 g/mol. The van der Waals surface area contributed by atoms with E-state index in [0.29, 0.717) is 5.38 Å². The lowest BCUT2D eigenvalue weighted by Crippen LogP contribution is -2.02. The largest absolute Gasteiger partial charge is 0.123 e. The minimum absolute atomic E-state index is 0.342. The Balaban J connectivity index is 2.57. The summed E-state index contributed by atoms with van der Waals surface area (Å²) in [5.41, 5.74) is 4.28. The number of rotatable bonds is 5. The summed E-state index contributed by atoms with van der Waals surface area (Å²) in [5, 5.41) is 0.342. The maximum atomic E-state index is 6.24. The Hall–Kier alpha value is -0.490. The van der Waals surface area contributed by atoms with Crippen molar-refractivity contribution in [3.05, 3.63) is 34.9 Å². The highest BCUT2D eigenvalue weighted by Crippen LogP contribution is 2.19. The molecule has 0 saturated carbocycles. The van der Waals surface area contributed by atoms with Crippen LogP contribution in [0.3, 0.4) is 0 Å². The van der Waals surface area contributed by atoms with Crippen LogP contribution in [0.5, 0.6) is 0 Å². The third-order valence-electron chi connectivity index (χ3n) is 2.95. The predicted octanol–water partition coefficient (Wildman–Crippen LogP) is 4.64. The molecule has 1 aromatic carbocycles. The third-order valence-corrected chi connectivity index (χ3v) is 3.39. The molecule has 0 aromatic heterocycles. The zero-order valence-corrected chi connectivity index (χ0v) is 10.8. The van der Waals surface area contributed by atoms with Crippen LogP contribution in [-0.2, 0) is 6.42 Å². The first-order valence-corrected chi connectivity index (χ1v) is 6.28. The maximum absolute atomic E-state index is 6.24. The SMILES string of the molecule is CCCC(Cl)CCc1c(C)cccc1C. The molecule has 0 aliphatic heterocycles. The number of benzene rings is 1. The number of hydrogen-bond donors (Lipinski definition) is 0. The maximum Gasteiger partial charge on any atom is 0.0339 e. The van der Waals surface area contributed by atoms with Gasteiger partial charge in [0.05, 0.1) is 0 Å². The van der Waals surface area contributed by atoms with Crippen molar-refractivity contribution < 1.29 is 0 Å². The van der Waals surface area contributed by atoms with Crippen LogP contribution in [0.25, 0.3) is 0 Å². The number of aryl methyl sites for hydroxylation is 2. The van der Waals surface area contributed by atoms with Crippen molar-refractivity contribution in [2.24, 2.45) is 0 Å². The van der Waals surface area contributed by atoms with Crippen LogP contribution < -0.4 is 0 Å². The normalized spacial score (nSPS) is 12.8. The standard InChI is InChI=1S/C14H21Cl/c1-4-6-13(15)9-10-14-11(2)7-5-8-12(14)3/h5,7-8,13H,4,6,9-10H2,1-3H3. The van der Waals surface area contributed by atoms with Gasteiger partial charge in [0.1, 0.15) is 0 Å². The van der Waals surface area contributed by atoms with E-state index in [1.54, 1.807) is 0 Å². The fourth-order valence-corrected chi connectivity index (χ4v) is 2.33. The van der Waals surface area contributed by atoms with Crippen molar-refractivity contribution in [1.82, 2.24) is 0 Å². The first kappa shape index (κ1) is 12.6. The lowest BCUT2D eigenvalue weighted by molar-refractivity contribution is 0.673. The van der Waals surface area contributed by atoms with Gasteiger partial charge >= 0.3 is 0 Å². The van der Waals surface area contributed by atoms with E-state index in [9.17, 15) is 0 Å². The molecule has 0 saturated heterocycles. The number of hydrogen-bond acceptors (Lipinski definition) is 0. The van der Waals surface area contributed by atoms with E-state index in [-0.39, 0.29) is 0 Å². The Kier molecular flexibility index (Phi) is 5.17. The van der Waals surface area contributed by atoms with Gasteiger partial charge in [-0.1, -0.05) is 31.5 Å². The number of alkyl halides is 1. The number of halogens is 1. The van der Waals surface area contributed by atoms with Crippen LogP contribution in [0.1, 0.15) is 42.9 Å². The van der Waals surface area contributed by atoms with Gasteiger partial charge in [-0.2, -0.15) is 0 Å². The summed E-state index contributed by atoms with van der Waals surface area (Å²) >= 11 is 6.24. The van der Waals surface area contributed by atoms with E-state index in [1.165, 1.54) is 23.1 Å². The van der Waals surface area contributed by atoms with Gasteiger partial charge in [0.25, 0.3) is 0 Å². The van der Waals surface area contributed by atoms with Gasteiger partial charge in [-0.15, -0.1) is 11.6 Å². The highest BCUT2D eigenvalue weighted by Gasteiger charge is 2.06. The Morgan fingerprint density at radius 3 is 2.27 bits per heavy atom. The summed E-state index contributed by atoms with van der Waals surface area (Å²) < 4.78 is 0. The summed E-state index contributed by atoms with van der Waals surface area (Å²) in [7, 11) is 0. The lowest BCUT2D eigenvalue weighted by Gasteiger charge is -2.12. The third kappa shape index (κ3) is 3.87. The molecule has 0 radical (unpaired) electrons. The Labute approximate surface area is 98.7 Å². The fourth-order valence-electron chi connectivity index (χ4n) is 2.00. The van der Waals surface area contributed by atoms with Crippen molar-refractivity contribution in [2.45, 2.75) is 51.8 Å². The molecule has 84 valence electrons. The average Bonchev–Trinajstić information content (AvgIpc) is 2.17. The van der Waals surface area contributed by atoms with E-state index < -0.39 is 0 Å². The van der Waals surface area contributed by atoms with E-state index in [4.69, 9.17) is 11.6 Å². The molecule has 0 aliphatic carbocycles. The minimum atomic E-state index is 0.342. The molecule has 15 heavy (non-hydrogen) atoms. The molecule has 1 rings (SSSR count). The second-order valence-electron chi connectivity index (χ2n) is 4.29. The highest BCUT2D eigenvalue weighted by molar-refractivity contribution is 6.20. The second-order valence-corrected chi connectivity index (χ2v) is 4.91. The quantitative estimate of drug-likeness (QED) is 0.639. The predicted molar refractivity (Wildman–Crippen MR) is 68.8 cm³/mol. The first-order chi connectivity index (χ1) is 7.15. The molecular weight excluding hydrogens is 204 g/mol. The summed E-state index contributed by atoms with van der Waals surface area (Å²) in [5.74, 6) is 0. The van der Waals surface area contributed by atoms with Crippen LogP contribution in [0, 0.1) is 13.8 Å². The molecule has 0 nitrogen and oxygen atoms in total. The van der Waals surface area contributed by atoms with Crippen LogP contribution in [0.15, 0.2) is 18.2 Å². The van der Waals surface area contributed by atoms with Crippen molar-refractivity contribution >= 4 is 11.6 Å². The molecule has 0 fully saturated rings. The Morgan fingerprint density at radius 2 is 1.73 bits per heavy atom. The Morgan fingerprint density at radius 1 is 1.13 bits per heavy atom. The van der Waals surface area contributed by atoms with Crippen molar-refractivity contribution in [3.8, 4) is 0 Å². The van der Waals surface area contributed by atoms with Gasteiger partial charge in [-0.05, 0) is 49.8 Å². The van der Waals surface area contributed by atoms with Crippen LogP contribution >= 0.6 is 11.6 Å². The second kappa shape index (κ2) is 6.17. The molecule has 1 heteroatoms. The van der Waals surface area contributed by atoms with Crippen LogP contribution in [0.2, 0.25) is 0 Å². The van der Waals surface area contributed by atoms with Gasteiger partial charge in [-0.3, -0.25) is 0 Å². The molecule has 0 bridgehead atoms. The zero-order valence-electron chi connectivity index (χ0n) is 10.0. The first-order valence-electron chi connectivity index (χ1n) is 5.84. The van der Waals surface area contributed by atoms with E-state index in [0.717, 1.165) is 19.3 Å². The lowest BCUT2D eigenvalue weighted by atomic mass is 9.97. The summed E-state index contributed by atoms with van der Waals surface area (Å²) in [6.45, 7) is 6.56. The molecule has 0 spiro atoms. The molecule has 0 amide bonds. The molecule has 1 aromatic rings. The van der Waals surface area contributed by atoms with E-state index in [1.807, 2.05) is 0 Å². The van der Waals surface area contributed by atoms with Gasteiger partial charge < -0.3 is 0 Å². The van der Waals surface area contributed by atoms with E-state index in [2.05, 4.69) is 39.0 Å². The van der Waals surface area contributed by atoms with Crippen LogP contribution in [-0.4, -0.2) is 5.38 Å². The molecule has 0 aliphatic rings. The van der Waals surface area contributed by atoms with Gasteiger partial charge in [-0.25, -0.2) is 0 Å².